The van der Waals surface area contributed by atoms with Crippen LogP contribution in [0.15, 0.2) is 36.4 Å². The zero-order valence-electron chi connectivity index (χ0n) is 16.8. The zero-order valence-corrected chi connectivity index (χ0v) is 16.8. The Labute approximate surface area is 182 Å². The van der Waals surface area contributed by atoms with Crippen molar-refractivity contribution in [3.05, 3.63) is 42.0 Å². The molecule has 2 aromatic carbocycles. The number of hydrogen-bond donors (Lipinski definition) is 8. The topological polar surface area (TPSA) is 190 Å². The van der Waals surface area contributed by atoms with Gasteiger partial charge in [-0.15, -0.1) is 0 Å². The van der Waals surface area contributed by atoms with E-state index in [1.54, 1.807) is 12.1 Å². The molecular weight excluding hydrogens is 428 g/mol. The highest BCUT2D eigenvalue weighted by Crippen LogP contribution is 2.40. The van der Waals surface area contributed by atoms with Crippen LogP contribution in [0.25, 0.3) is 10.8 Å². The van der Waals surface area contributed by atoms with Crippen LogP contribution >= 0.6 is 0 Å². The summed E-state index contributed by atoms with van der Waals surface area (Å²) in [6, 6.07) is 9.07. The zero-order chi connectivity index (χ0) is 23.2. The van der Waals surface area contributed by atoms with Gasteiger partial charge in [0.1, 0.15) is 42.4 Å². The molecule has 0 bridgehead atoms. The number of hydrogen-bond acceptors (Lipinski definition) is 11. The second kappa shape index (κ2) is 8.80. The van der Waals surface area contributed by atoms with Crippen molar-refractivity contribution >= 4 is 10.8 Å². The first-order chi connectivity index (χ1) is 15.2. The lowest BCUT2D eigenvalue weighted by Gasteiger charge is -2.47. The van der Waals surface area contributed by atoms with Crippen molar-refractivity contribution < 1.29 is 55.1 Å². The van der Waals surface area contributed by atoms with Crippen molar-refractivity contribution in [3.8, 4) is 5.75 Å². The molecule has 2 aliphatic heterocycles. The fourth-order valence-electron chi connectivity index (χ4n) is 4.21. The van der Waals surface area contributed by atoms with Crippen molar-refractivity contribution in [2.75, 3.05) is 13.2 Å². The maximum atomic E-state index is 11.4. The third-order valence-electron chi connectivity index (χ3n) is 6.05. The quantitative estimate of drug-likeness (QED) is 0.246. The average molecular weight is 454 g/mol. The minimum atomic E-state index is -2.37. The molecule has 0 saturated carbocycles. The van der Waals surface area contributed by atoms with Crippen molar-refractivity contribution in [2.45, 2.75) is 54.8 Å². The molecule has 2 fully saturated rings. The fraction of sp³-hybridized carbons (Fsp3) is 0.524. The molecule has 0 spiro atoms. The van der Waals surface area contributed by atoms with E-state index < -0.39 is 68.0 Å². The second-order valence-electron chi connectivity index (χ2n) is 8.04. The predicted octanol–water partition coefficient (Wildman–Crippen LogP) is -2.37. The lowest BCUT2D eigenvalue weighted by atomic mass is 9.80. The molecule has 0 aromatic heterocycles. The standard InChI is InChI=1S/C21H26O11/c22-7-13-15(24)16(25)17(26)19(31-13)32-14-8-30-20(28)21(29,18(14)27)12-3-1-2-9-6-10(23)4-5-11(9)12/h1-6,13-20,22-29H,7-8H2/t13-,14-,15+,16+,17-,18+,19+,20+,21-/m1/s1. The van der Waals surface area contributed by atoms with Crippen LogP contribution in [-0.4, -0.2) is 103 Å². The Kier molecular flexibility index (Phi) is 6.40. The largest absolute Gasteiger partial charge is 0.508 e. The van der Waals surface area contributed by atoms with Crippen molar-refractivity contribution in [3.63, 3.8) is 0 Å². The van der Waals surface area contributed by atoms with Crippen LogP contribution < -0.4 is 0 Å². The molecule has 2 aromatic rings. The van der Waals surface area contributed by atoms with Gasteiger partial charge in [0.25, 0.3) is 0 Å². The first-order valence-corrected chi connectivity index (χ1v) is 10.1. The van der Waals surface area contributed by atoms with Gasteiger partial charge in [0, 0.05) is 0 Å². The Balaban J connectivity index is 1.64. The monoisotopic (exact) mass is 454 g/mol. The summed E-state index contributed by atoms with van der Waals surface area (Å²) in [5, 5.41) is 83.0. The van der Waals surface area contributed by atoms with Crippen molar-refractivity contribution in [1.29, 1.82) is 0 Å². The summed E-state index contributed by atoms with van der Waals surface area (Å²) in [4.78, 5) is 0. The number of fused-ring (bicyclic) bond motifs is 1. The molecular formula is C21H26O11. The van der Waals surface area contributed by atoms with Gasteiger partial charge in [-0.25, -0.2) is 0 Å². The van der Waals surface area contributed by atoms with Gasteiger partial charge in [-0.05, 0) is 28.5 Å². The average Bonchev–Trinajstić information content (AvgIpc) is 2.78. The smallest absolute Gasteiger partial charge is 0.190 e. The molecule has 2 aliphatic rings. The lowest BCUT2D eigenvalue weighted by Crippen LogP contribution is -2.64. The first-order valence-electron chi connectivity index (χ1n) is 10.1. The Morgan fingerprint density at radius 3 is 2.47 bits per heavy atom. The van der Waals surface area contributed by atoms with Crippen molar-refractivity contribution in [2.24, 2.45) is 0 Å². The van der Waals surface area contributed by atoms with E-state index in [9.17, 15) is 40.9 Å². The van der Waals surface area contributed by atoms with Crippen LogP contribution in [0.1, 0.15) is 5.56 Å². The molecule has 0 aliphatic carbocycles. The van der Waals surface area contributed by atoms with Gasteiger partial charge in [0.15, 0.2) is 18.2 Å². The van der Waals surface area contributed by atoms with Crippen LogP contribution in [0.2, 0.25) is 0 Å². The number of benzene rings is 2. The Morgan fingerprint density at radius 2 is 1.75 bits per heavy atom. The van der Waals surface area contributed by atoms with E-state index in [1.807, 2.05) is 0 Å². The molecule has 9 atom stereocenters. The van der Waals surface area contributed by atoms with Gasteiger partial charge < -0.3 is 55.1 Å². The van der Waals surface area contributed by atoms with E-state index in [0.717, 1.165) is 0 Å². The van der Waals surface area contributed by atoms with Gasteiger partial charge in [0.2, 0.25) is 0 Å². The molecule has 176 valence electrons. The Morgan fingerprint density at radius 1 is 1.00 bits per heavy atom. The maximum absolute atomic E-state index is 11.4. The number of phenolic OH excluding ortho intramolecular Hbond substituents is 1. The minimum absolute atomic E-state index is 0.00791. The summed E-state index contributed by atoms with van der Waals surface area (Å²) in [5.74, 6) is -0.00791. The molecule has 32 heavy (non-hydrogen) atoms. The summed E-state index contributed by atoms with van der Waals surface area (Å²) in [6.07, 6.45) is -12.8. The maximum Gasteiger partial charge on any atom is 0.190 e. The second-order valence-corrected chi connectivity index (χ2v) is 8.04. The molecule has 0 unspecified atom stereocenters. The first kappa shape index (κ1) is 23.3. The molecule has 4 rings (SSSR count). The summed E-state index contributed by atoms with van der Waals surface area (Å²) in [5.41, 5.74) is -2.26. The predicted molar refractivity (Wildman–Crippen MR) is 106 cm³/mol. The summed E-state index contributed by atoms with van der Waals surface area (Å²) in [6.45, 7) is -1.06. The SMILES string of the molecule is OC[C@H]1O[C@@H](O[C@@H]2CO[C@H](O)[C@@](O)(c3cccc4cc(O)ccc34)[C@H]2O)[C@H](O)[C@@H](O)[C@H]1O. The van der Waals surface area contributed by atoms with Crippen molar-refractivity contribution in [1.82, 2.24) is 0 Å². The molecule has 11 heteroatoms. The molecule has 11 nitrogen and oxygen atoms in total. The van der Waals surface area contributed by atoms with Gasteiger partial charge in [-0.3, -0.25) is 0 Å². The Hall–Kier alpha value is -1.90. The third-order valence-corrected chi connectivity index (χ3v) is 6.05. The minimum Gasteiger partial charge on any atom is -0.508 e. The van der Waals surface area contributed by atoms with E-state index in [-0.39, 0.29) is 11.3 Å². The highest BCUT2D eigenvalue weighted by atomic mass is 16.7. The van der Waals surface area contributed by atoms with Gasteiger partial charge >= 0.3 is 0 Å². The van der Waals surface area contributed by atoms with Crippen LogP contribution in [0.5, 0.6) is 5.75 Å². The number of aromatic hydroxyl groups is 1. The van der Waals surface area contributed by atoms with Gasteiger partial charge in [-0.2, -0.15) is 0 Å². The van der Waals surface area contributed by atoms with Crippen LogP contribution in [0.3, 0.4) is 0 Å². The van der Waals surface area contributed by atoms with Crippen LogP contribution in [0.4, 0.5) is 0 Å². The number of rotatable bonds is 4. The normalized spacial score (nSPS) is 40.5. The number of phenols is 1. The number of aliphatic hydroxyl groups is 7. The lowest BCUT2D eigenvalue weighted by molar-refractivity contribution is -0.359. The molecule has 0 amide bonds. The summed E-state index contributed by atoms with van der Waals surface area (Å²) < 4.78 is 16.1. The highest BCUT2D eigenvalue weighted by molar-refractivity contribution is 5.87. The van der Waals surface area contributed by atoms with Gasteiger partial charge in [0.05, 0.1) is 13.2 Å². The third kappa shape index (κ3) is 3.76. The number of ether oxygens (including phenoxy) is 3. The van der Waals surface area contributed by atoms with E-state index in [4.69, 9.17) is 14.2 Å². The molecule has 2 heterocycles. The molecule has 2 saturated heterocycles. The molecule has 8 N–H and O–H groups in total. The number of aliphatic hydroxyl groups excluding tert-OH is 6. The summed E-state index contributed by atoms with van der Waals surface area (Å²) >= 11 is 0. The highest BCUT2D eigenvalue weighted by Gasteiger charge is 2.55. The van der Waals surface area contributed by atoms with E-state index in [1.165, 1.54) is 24.3 Å². The Bertz CT molecular complexity index is 952. The van der Waals surface area contributed by atoms with E-state index in [0.29, 0.717) is 10.8 Å². The fourth-order valence-corrected chi connectivity index (χ4v) is 4.21. The van der Waals surface area contributed by atoms with E-state index in [2.05, 4.69) is 0 Å². The van der Waals surface area contributed by atoms with Gasteiger partial charge in [-0.1, -0.05) is 24.3 Å². The summed E-state index contributed by atoms with van der Waals surface area (Å²) in [7, 11) is 0. The molecule has 0 radical (unpaired) electrons. The van der Waals surface area contributed by atoms with Crippen LogP contribution in [0, 0.1) is 0 Å². The van der Waals surface area contributed by atoms with E-state index >= 15 is 0 Å². The van der Waals surface area contributed by atoms with Crippen LogP contribution in [-0.2, 0) is 19.8 Å².